The maximum atomic E-state index is 12.4. The average Bonchev–Trinajstić information content (AvgIpc) is 2.68. The predicted octanol–water partition coefficient (Wildman–Crippen LogP) is 2.71. The van der Waals surface area contributed by atoms with Crippen molar-refractivity contribution < 1.29 is 4.79 Å². The number of aromatic nitrogens is 1. The molecule has 0 saturated carbocycles. The summed E-state index contributed by atoms with van der Waals surface area (Å²) < 4.78 is 2.36. The van der Waals surface area contributed by atoms with Crippen molar-refractivity contribution in [2.24, 2.45) is 0 Å². The Morgan fingerprint density at radius 2 is 2.14 bits per heavy atom. The Bertz CT molecular complexity index is 672. The van der Waals surface area contributed by atoms with Crippen molar-refractivity contribution in [3.8, 4) is 0 Å². The summed E-state index contributed by atoms with van der Waals surface area (Å²) in [5, 5.41) is 7.58. The minimum absolute atomic E-state index is 0.0859. The summed E-state index contributed by atoms with van der Waals surface area (Å²) in [6.07, 6.45) is 3.06. The third kappa shape index (κ3) is 2.88. The van der Waals surface area contributed by atoms with Crippen molar-refractivity contribution >= 4 is 16.8 Å². The van der Waals surface area contributed by atoms with Crippen LogP contribution < -0.4 is 10.6 Å². The minimum Gasteiger partial charge on any atom is -0.352 e. The second-order valence-corrected chi connectivity index (χ2v) is 6.31. The van der Waals surface area contributed by atoms with E-state index < -0.39 is 0 Å². The molecule has 2 heterocycles. The SMILES string of the molecule is CC(C)NCCCn1c2c(c3ccccc31)C(=O)NCCC2. The van der Waals surface area contributed by atoms with Gasteiger partial charge in [-0.1, -0.05) is 32.0 Å². The van der Waals surface area contributed by atoms with Gasteiger partial charge >= 0.3 is 0 Å². The molecule has 2 N–H and O–H groups in total. The van der Waals surface area contributed by atoms with Crippen LogP contribution in [-0.2, 0) is 13.0 Å². The van der Waals surface area contributed by atoms with E-state index in [0.717, 1.165) is 49.8 Å². The molecule has 0 radical (unpaired) electrons. The van der Waals surface area contributed by atoms with Gasteiger partial charge in [-0.3, -0.25) is 4.79 Å². The highest BCUT2D eigenvalue weighted by molar-refractivity contribution is 6.08. The third-order valence-electron chi connectivity index (χ3n) is 4.29. The van der Waals surface area contributed by atoms with Crippen LogP contribution >= 0.6 is 0 Å². The molecule has 4 nitrogen and oxygen atoms in total. The molecule has 0 spiro atoms. The lowest BCUT2D eigenvalue weighted by atomic mass is 10.1. The summed E-state index contributed by atoms with van der Waals surface area (Å²) >= 11 is 0. The molecule has 0 unspecified atom stereocenters. The molecule has 3 rings (SSSR count). The largest absolute Gasteiger partial charge is 0.352 e. The number of nitrogens with one attached hydrogen (secondary N) is 2. The molecule has 1 aliphatic rings. The van der Waals surface area contributed by atoms with Crippen molar-refractivity contribution in [3.63, 3.8) is 0 Å². The van der Waals surface area contributed by atoms with Gasteiger partial charge in [0, 0.05) is 35.7 Å². The lowest BCUT2D eigenvalue weighted by Crippen LogP contribution is -2.24. The number of benzene rings is 1. The van der Waals surface area contributed by atoms with Crippen molar-refractivity contribution in [1.29, 1.82) is 0 Å². The van der Waals surface area contributed by atoms with E-state index in [2.05, 4.69) is 47.2 Å². The van der Waals surface area contributed by atoms with Gasteiger partial charge in [-0.2, -0.15) is 0 Å². The van der Waals surface area contributed by atoms with Gasteiger partial charge in [0.25, 0.3) is 5.91 Å². The number of carbonyl (C=O) groups excluding carboxylic acids is 1. The Morgan fingerprint density at radius 1 is 1.32 bits per heavy atom. The van der Waals surface area contributed by atoms with Crippen molar-refractivity contribution in [2.45, 2.75) is 45.7 Å². The molecule has 0 fully saturated rings. The number of amides is 1. The molecule has 0 atom stereocenters. The van der Waals surface area contributed by atoms with E-state index in [1.807, 2.05) is 6.07 Å². The molecule has 0 bridgehead atoms. The highest BCUT2D eigenvalue weighted by Gasteiger charge is 2.23. The van der Waals surface area contributed by atoms with E-state index in [9.17, 15) is 4.79 Å². The Morgan fingerprint density at radius 3 is 2.95 bits per heavy atom. The summed E-state index contributed by atoms with van der Waals surface area (Å²) in [5.41, 5.74) is 3.29. The highest BCUT2D eigenvalue weighted by atomic mass is 16.1. The summed E-state index contributed by atoms with van der Waals surface area (Å²) in [5.74, 6) is 0.0859. The van der Waals surface area contributed by atoms with Gasteiger partial charge in [0.1, 0.15) is 0 Å². The third-order valence-corrected chi connectivity index (χ3v) is 4.29. The molecule has 2 aromatic rings. The maximum absolute atomic E-state index is 12.4. The summed E-state index contributed by atoms with van der Waals surface area (Å²) in [4.78, 5) is 12.4. The first-order valence-corrected chi connectivity index (χ1v) is 8.30. The monoisotopic (exact) mass is 299 g/mol. The average molecular weight is 299 g/mol. The fourth-order valence-corrected chi connectivity index (χ4v) is 3.30. The molecule has 1 aromatic carbocycles. The van der Waals surface area contributed by atoms with Gasteiger partial charge in [0.2, 0.25) is 0 Å². The van der Waals surface area contributed by atoms with Crippen LogP contribution in [0.2, 0.25) is 0 Å². The van der Waals surface area contributed by atoms with Crippen LogP contribution in [-0.4, -0.2) is 29.6 Å². The molecule has 1 aliphatic heterocycles. The van der Waals surface area contributed by atoms with Crippen molar-refractivity contribution in [3.05, 3.63) is 35.5 Å². The molecular formula is C18H25N3O. The van der Waals surface area contributed by atoms with E-state index in [0.29, 0.717) is 6.04 Å². The number of fused-ring (bicyclic) bond motifs is 3. The molecule has 0 saturated heterocycles. The quantitative estimate of drug-likeness (QED) is 0.834. The molecule has 1 aromatic heterocycles. The van der Waals surface area contributed by atoms with Gasteiger partial charge in [-0.15, -0.1) is 0 Å². The fraction of sp³-hybridized carbons (Fsp3) is 0.500. The van der Waals surface area contributed by atoms with Crippen molar-refractivity contribution in [2.75, 3.05) is 13.1 Å². The number of nitrogens with zero attached hydrogens (tertiary/aromatic N) is 1. The predicted molar refractivity (Wildman–Crippen MR) is 90.3 cm³/mol. The smallest absolute Gasteiger partial charge is 0.253 e. The Hall–Kier alpha value is -1.81. The van der Waals surface area contributed by atoms with Crippen LogP contribution in [0.15, 0.2) is 24.3 Å². The second kappa shape index (κ2) is 6.53. The summed E-state index contributed by atoms with van der Waals surface area (Å²) in [6, 6.07) is 8.80. The molecule has 4 heteroatoms. The standard InChI is InChI=1S/C18H25N3O/c1-13(2)19-11-6-12-21-15-8-4-3-7-14(15)17-16(21)9-5-10-20-18(17)22/h3-4,7-8,13,19H,5-6,9-12H2,1-2H3,(H,20,22). The molecule has 0 aliphatic carbocycles. The zero-order valence-corrected chi connectivity index (χ0v) is 13.5. The number of hydrogen-bond donors (Lipinski definition) is 2. The van der Waals surface area contributed by atoms with E-state index in [1.54, 1.807) is 0 Å². The summed E-state index contributed by atoms with van der Waals surface area (Å²) in [6.45, 7) is 7.08. The zero-order valence-electron chi connectivity index (χ0n) is 13.5. The van der Waals surface area contributed by atoms with Crippen molar-refractivity contribution in [1.82, 2.24) is 15.2 Å². The van der Waals surface area contributed by atoms with Gasteiger partial charge < -0.3 is 15.2 Å². The topological polar surface area (TPSA) is 46.1 Å². The first kappa shape index (κ1) is 15.1. The van der Waals surface area contributed by atoms with Crippen LogP contribution in [0.5, 0.6) is 0 Å². The van der Waals surface area contributed by atoms with Crippen LogP contribution in [0, 0.1) is 0 Å². The molecular weight excluding hydrogens is 274 g/mol. The van der Waals surface area contributed by atoms with Crippen LogP contribution in [0.25, 0.3) is 10.9 Å². The molecule has 118 valence electrons. The normalized spacial score (nSPS) is 15.0. The van der Waals surface area contributed by atoms with Crippen LogP contribution in [0.4, 0.5) is 0 Å². The van der Waals surface area contributed by atoms with E-state index in [-0.39, 0.29) is 5.91 Å². The molecule has 22 heavy (non-hydrogen) atoms. The Balaban J connectivity index is 1.94. The number of aryl methyl sites for hydroxylation is 1. The first-order valence-electron chi connectivity index (χ1n) is 8.30. The fourth-order valence-electron chi connectivity index (χ4n) is 3.30. The Kier molecular flexibility index (Phi) is 4.48. The van der Waals surface area contributed by atoms with E-state index >= 15 is 0 Å². The zero-order chi connectivity index (χ0) is 15.5. The van der Waals surface area contributed by atoms with Gasteiger partial charge in [-0.05, 0) is 31.9 Å². The number of carbonyl (C=O) groups is 1. The van der Waals surface area contributed by atoms with E-state index in [4.69, 9.17) is 0 Å². The number of rotatable bonds is 5. The second-order valence-electron chi connectivity index (χ2n) is 6.31. The van der Waals surface area contributed by atoms with Crippen LogP contribution in [0.1, 0.15) is 42.7 Å². The van der Waals surface area contributed by atoms with E-state index in [1.165, 1.54) is 11.2 Å². The maximum Gasteiger partial charge on any atom is 0.253 e. The lowest BCUT2D eigenvalue weighted by Gasteiger charge is -2.12. The number of hydrogen-bond acceptors (Lipinski definition) is 2. The van der Waals surface area contributed by atoms with Gasteiger partial charge in [-0.25, -0.2) is 0 Å². The Labute approximate surface area is 131 Å². The molecule has 1 amide bonds. The summed E-state index contributed by atoms with van der Waals surface area (Å²) in [7, 11) is 0. The number of para-hydroxylation sites is 1. The van der Waals surface area contributed by atoms with Gasteiger partial charge in [0.05, 0.1) is 5.56 Å². The highest BCUT2D eigenvalue weighted by Crippen LogP contribution is 2.28. The lowest BCUT2D eigenvalue weighted by molar-refractivity contribution is 0.0957. The minimum atomic E-state index is 0.0859. The van der Waals surface area contributed by atoms with Crippen LogP contribution in [0.3, 0.4) is 0 Å². The first-order chi connectivity index (χ1) is 10.7. The van der Waals surface area contributed by atoms with Gasteiger partial charge in [0.15, 0.2) is 0 Å².